The van der Waals surface area contributed by atoms with Gasteiger partial charge in [0.1, 0.15) is 0 Å². The lowest BCUT2D eigenvalue weighted by Gasteiger charge is -2.35. The van der Waals surface area contributed by atoms with Crippen LogP contribution < -0.4 is 0 Å². The zero-order chi connectivity index (χ0) is 12.3. The van der Waals surface area contributed by atoms with Crippen molar-refractivity contribution >= 4 is 5.78 Å². The quantitative estimate of drug-likeness (QED) is 0.412. The second-order valence-electron chi connectivity index (χ2n) is 5.07. The number of carbonyl (C=O) groups excluding carboxylic acids is 1. The number of hydrogen-bond acceptors (Lipinski definition) is 2. The molecule has 92 valence electrons. The van der Waals surface area contributed by atoms with Crippen molar-refractivity contribution in [3.8, 4) is 0 Å². The van der Waals surface area contributed by atoms with Gasteiger partial charge in [-0.3, -0.25) is 4.79 Å². The van der Waals surface area contributed by atoms with Crippen LogP contribution >= 0.6 is 0 Å². The van der Waals surface area contributed by atoms with Crippen molar-refractivity contribution in [3.05, 3.63) is 21.6 Å². The number of hydrogen-bond donors (Lipinski definition) is 0. The molecule has 1 atom stereocenters. The summed E-state index contributed by atoms with van der Waals surface area (Å²) in [5.74, 6) is 0.291. The Morgan fingerprint density at radius 3 is 2.94 bits per heavy atom. The van der Waals surface area contributed by atoms with Crippen LogP contribution in [0, 0.1) is 5.41 Å². The van der Waals surface area contributed by atoms with Crippen molar-refractivity contribution in [1.82, 2.24) is 0 Å². The van der Waals surface area contributed by atoms with Gasteiger partial charge in [-0.15, -0.1) is 0 Å². The lowest BCUT2D eigenvalue weighted by molar-refractivity contribution is -0.117. The van der Waals surface area contributed by atoms with Crippen LogP contribution in [-0.4, -0.2) is 12.3 Å². The van der Waals surface area contributed by atoms with Crippen molar-refractivity contribution < 1.29 is 4.79 Å². The van der Waals surface area contributed by atoms with E-state index in [1.807, 2.05) is 0 Å². The van der Waals surface area contributed by atoms with E-state index in [0.29, 0.717) is 30.6 Å². The predicted octanol–water partition coefficient (Wildman–Crippen LogP) is 3.93. The fourth-order valence-corrected chi connectivity index (χ4v) is 3.50. The fraction of sp³-hybridized carbons (Fsp3) is 0.769. The summed E-state index contributed by atoms with van der Waals surface area (Å²) in [6.45, 7) is 2.65. The molecular formula is C13H19N3O. The summed E-state index contributed by atoms with van der Waals surface area (Å²) in [5, 5.41) is 3.56. The van der Waals surface area contributed by atoms with Crippen LogP contribution in [0.5, 0.6) is 0 Å². The Bertz CT molecular complexity index is 407. The lowest BCUT2D eigenvalue weighted by Crippen LogP contribution is -2.27. The summed E-state index contributed by atoms with van der Waals surface area (Å²) in [7, 11) is 0. The molecule has 0 unspecified atom stereocenters. The highest BCUT2D eigenvalue weighted by molar-refractivity contribution is 5.97. The average Bonchev–Trinajstić information content (AvgIpc) is 2.77. The smallest absolute Gasteiger partial charge is 0.158 e. The molecule has 2 rings (SSSR count). The number of Topliss-reactive ketones (excluding diaryl/α,β-unsaturated/α-hetero) is 1. The molecule has 0 amide bonds. The molecule has 4 nitrogen and oxygen atoms in total. The highest BCUT2D eigenvalue weighted by atomic mass is 16.1. The van der Waals surface area contributed by atoms with E-state index in [4.69, 9.17) is 5.53 Å². The van der Waals surface area contributed by atoms with Gasteiger partial charge in [0.15, 0.2) is 5.78 Å². The minimum atomic E-state index is 0.291. The number of carbonyl (C=O) groups is 1. The summed E-state index contributed by atoms with van der Waals surface area (Å²) >= 11 is 0. The lowest BCUT2D eigenvalue weighted by atomic mass is 9.69. The minimum Gasteiger partial charge on any atom is -0.295 e. The molecule has 0 aromatic carbocycles. The van der Waals surface area contributed by atoms with Crippen LogP contribution in [0.15, 0.2) is 16.3 Å². The third-order valence-corrected chi connectivity index (χ3v) is 4.46. The largest absolute Gasteiger partial charge is 0.295 e. The number of allylic oxidation sites excluding steroid dienone is 1. The Hall–Kier alpha value is -1.28. The van der Waals surface area contributed by atoms with Gasteiger partial charge in [0, 0.05) is 17.9 Å². The Morgan fingerprint density at radius 1 is 1.41 bits per heavy atom. The highest BCUT2D eigenvalue weighted by Crippen LogP contribution is 2.53. The van der Waals surface area contributed by atoms with Crippen molar-refractivity contribution in [2.75, 3.05) is 6.54 Å². The second kappa shape index (κ2) is 4.92. The van der Waals surface area contributed by atoms with Crippen LogP contribution in [-0.2, 0) is 4.79 Å². The molecule has 2 aliphatic carbocycles. The van der Waals surface area contributed by atoms with E-state index in [2.05, 4.69) is 16.9 Å². The minimum absolute atomic E-state index is 0.291. The standard InChI is InChI=1S/C13H19N3O/c1-2-13-7-3-4-11(13)10(6-9-15-16-14)12(17)5-8-13/h2-9H2,1H3/t13-/m1/s1. The Labute approximate surface area is 102 Å². The van der Waals surface area contributed by atoms with E-state index in [0.717, 1.165) is 24.8 Å². The van der Waals surface area contributed by atoms with Gasteiger partial charge in [-0.1, -0.05) is 17.6 Å². The zero-order valence-electron chi connectivity index (χ0n) is 10.4. The van der Waals surface area contributed by atoms with Gasteiger partial charge < -0.3 is 0 Å². The first-order chi connectivity index (χ1) is 8.23. The summed E-state index contributed by atoms with van der Waals surface area (Å²) in [6, 6.07) is 0. The fourth-order valence-electron chi connectivity index (χ4n) is 3.50. The van der Waals surface area contributed by atoms with Crippen molar-refractivity contribution in [3.63, 3.8) is 0 Å². The van der Waals surface area contributed by atoms with Gasteiger partial charge in [0.25, 0.3) is 0 Å². The Morgan fingerprint density at radius 2 is 2.24 bits per heavy atom. The van der Waals surface area contributed by atoms with Gasteiger partial charge in [0.05, 0.1) is 0 Å². The first-order valence-electron chi connectivity index (χ1n) is 6.50. The number of ketones is 1. The Balaban J connectivity index is 2.29. The molecule has 4 heteroatoms. The molecule has 0 saturated heterocycles. The highest BCUT2D eigenvalue weighted by Gasteiger charge is 2.42. The maximum Gasteiger partial charge on any atom is 0.158 e. The molecule has 0 heterocycles. The van der Waals surface area contributed by atoms with Crippen LogP contribution in [0.3, 0.4) is 0 Å². The van der Waals surface area contributed by atoms with E-state index in [-0.39, 0.29) is 0 Å². The summed E-state index contributed by atoms with van der Waals surface area (Å²) in [5.41, 5.74) is 11.0. The molecule has 17 heavy (non-hydrogen) atoms. The Kier molecular flexibility index (Phi) is 3.53. The number of rotatable bonds is 4. The number of fused-ring (bicyclic) bond motifs is 1. The van der Waals surface area contributed by atoms with E-state index >= 15 is 0 Å². The molecule has 1 fully saturated rings. The van der Waals surface area contributed by atoms with Crippen molar-refractivity contribution in [2.24, 2.45) is 10.5 Å². The number of nitrogens with zero attached hydrogens (tertiary/aromatic N) is 3. The van der Waals surface area contributed by atoms with Gasteiger partial charge >= 0.3 is 0 Å². The predicted molar refractivity (Wildman–Crippen MR) is 66.5 cm³/mol. The first-order valence-corrected chi connectivity index (χ1v) is 6.50. The van der Waals surface area contributed by atoms with Crippen LogP contribution in [0.1, 0.15) is 51.9 Å². The van der Waals surface area contributed by atoms with Crippen LogP contribution in [0.25, 0.3) is 10.4 Å². The van der Waals surface area contributed by atoms with Gasteiger partial charge in [0.2, 0.25) is 0 Å². The van der Waals surface area contributed by atoms with Crippen LogP contribution in [0.4, 0.5) is 0 Å². The summed E-state index contributed by atoms with van der Waals surface area (Å²) in [6.07, 6.45) is 7.01. The maximum atomic E-state index is 12.0. The average molecular weight is 233 g/mol. The van der Waals surface area contributed by atoms with Gasteiger partial charge in [-0.05, 0) is 55.0 Å². The molecule has 0 radical (unpaired) electrons. The van der Waals surface area contributed by atoms with Gasteiger partial charge in [-0.2, -0.15) is 0 Å². The van der Waals surface area contributed by atoms with Crippen molar-refractivity contribution in [1.29, 1.82) is 0 Å². The molecule has 0 bridgehead atoms. The molecule has 0 aromatic heterocycles. The van der Waals surface area contributed by atoms with E-state index in [9.17, 15) is 4.79 Å². The SMILES string of the molecule is CC[C@]12CCCC1=C(CCN=[N+]=[N-])C(=O)CC2. The molecule has 0 aliphatic heterocycles. The second-order valence-corrected chi connectivity index (χ2v) is 5.07. The molecule has 2 aliphatic rings. The first kappa shape index (κ1) is 12.2. The third kappa shape index (κ3) is 2.09. The summed E-state index contributed by atoms with van der Waals surface area (Å²) in [4.78, 5) is 14.8. The molecule has 1 saturated carbocycles. The molecule has 0 aromatic rings. The van der Waals surface area contributed by atoms with Gasteiger partial charge in [-0.25, -0.2) is 0 Å². The molecular weight excluding hydrogens is 214 g/mol. The van der Waals surface area contributed by atoms with E-state index in [1.165, 1.54) is 18.4 Å². The third-order valence-electron chi connectivity index (χ3n) is 4.46. The van der Waals surface area contributed by atoms with E-state index < -0.39 is 0 Å². The molecule has 0 spiro atoms. The van der Waals surface area contributed by atoms with E-state index in [1.54, 1.807) is 0 Å². The maximum absolute atomic E-state index is 12.0. The van der Waals surface area contributed by atoms with Crippen molar-refractivity contribution in [2.45, 2.75) is 51.9 Å². The zero-order valence-corrected chi connectivity index (χ0v) is 10.4. The van der Waals surface area contributed by atoms with Crippen LogP contribution in [0.2, 0.25) is 0 Å². The molecule has 0 N–H and O–H groups in total. The monoisotopic (exact) mass is 233 g/mol. The summed E-state index contributed by atoms with van der Waals surface area (Å²) < 4.78 is 0. The number of azide groups is 1. The topological polar surface area (TPSA) is 65.8 Å². The normalized spacial score (nSPS) is 27.9.